The molecule has 0 aliphatic carbocycles. The third-order valence-corrected chi connectivity index (χ3v) is 4.60. The highest BCUT2D eigenvalue weighted by Crippen LogP contribution is 2.24. The van der Waals surface area contributed by atoms with Crippen LogP contribution in [-0.4, -0.2) is 25.4 Å². The van der Waals surface area contributed by atoms with Gasteiger partial charge in [0.1, 0.15) is 23.8 Å². The maximum absolute atomic E-state index is 13.3. The van der Waals surface area contributed by atoms with E-state index in [1.54, 1.807) is 38.2 Å². The number of hydrogen-bond donors (Lipinski definition) is 1. The van der Waals surface area contributed by atoms with Gasteiger partial charge in [-0.15, -0.1) is 0 Å². The van der Waals surface area contributed by atoms with Crippen LogP contribution in [0.3, 0.4) is 0 Å². The molecule has 0 aliphatic rings. The van der Waals surface area contributed by atoms with Crippen LogP contribution in [0.25, 0.3) is 16.7 Å². The van der Waals surface area contributed by atoms with Crippen molar-refractivity contribution in [3.63, 3.8) is 0 Å². The van der Waals surface area contributed by atoms with Crippen molar-refractivity contribution in [2.75, 3.05) is 0 Å². The molecule has 0 amide bonds. The van der Waals surface area contributed by atoms with E-state index in [-0.39, 0.29) is 12.3 Å². The minimum atomic E-state index is -0.410. The van der Waals surface area contributed by atoms with Gasteiger partial charge in [-0.05, 0) is 31.2 Å². The summed E-state index contributed by atoms with van der Waals surface area (Å²) in [6.45, 7) is 1.73. The lowest BCUT2D eigenvalue weighted by atomic mass is 10.1. The van der Waals surface area contributed by atoms with Crippen LogP contribution < -0.4 is 5.69 Å². The fraction of sp³-hybridized carbons (Fsp3) is 0.167. The van der Waals surface area contributed by atoms with E-state index >= 15 is 0 Å². The summed E-state index contributed by atoms with van der Waals surface area (Å²) >= 11 is 6.28. The Labute approximate surface area is 162 Å². The summed E-state index contributed by atoms with van der Waals surface area (Å²) in [6.07, 6.45) is 0. The van der Waals surface area contributed by atoms with Gasteiger partial charge in [-0.1, -0.05) is 28.0 Å². The zero-order valence-corrected chi connectivity index (χ0v) is 15.7. The number of H-pyrrole nitrogens is 1. The molecule has 144 valence electrons. The zero-order valence-electron chi connectivity index (χ0n) is 14.9. The molecule has 0 bridgehead atoms. The molecule has 10 heteroatoms. The maximum Gasteiger partial charge on any atom is 0.364 e. The Bertz CT molecular complexity index is 1250. The zero-order chi connectivity index (χ0) is 19.8. The van der Waals surface area contributed by atoms with Crippen LogP contribution >= 0.6 is 11.6 Å². The van der Waals surface area contributed by atoms with E-state index in [4.69, 9.17) is 21.0 Å². The third-order valence-electron chi connectivity index (χ3n) is 4.25. The monoisotopic (exact) mass is 403 g/mol. The largest absolute Gasteiger partial charge is 0.391 e. The quantitative estimate of drug-likeness (QED) is 0.408. The minimum Gasteiger partial charge on any atom is -0.391 e. The van der Waals surface area contributed by atoms with E-state index in [1.165, 1.54) is 21.5 Å². The molecule has 0 fully saturated rings. The number of aryl methyl sites for hydroxylation is 1. The Hall–Kier alpha value is -3.33. The lowest BCUT2D eigenvalue weighted by Crippen LogP contribution is -2.40. The molecule has 1 N–H and O–H groups in total. The normalized spacial score (nSPS) is 12.1. The second-order valence-electron chi connectivity index (χ2n) is 6.14. The van der Waals surface area contributed by atoms with Crippen LogP contribution in [0.2, 0.25) is 5.02 Å². The predicted octanol–water partition coefficient (Wildman–Crippen LogP) is 3.38. The topological polar surface area (TPSA) is 90.3 Å². The Morgan fingerprint density at radius 3 is 2.96 bits per heavy atom. The molecule has 2 heterocycles. The van der Waals surface area contributed by atoms with E-state index < -0.39 is 5.82 Å². The van der Waals surface area contributed by atoms with Crippen LogP contribution in [0.15, 0.2) is 50.9 Å². The predicted molar refractivity (Wildman–Crippen MR) is 101 cm³/mol. The van der Waals surface area contributed by atoms with E-state index in [1.807, 2.05) is 0 Å². The molecule has 8 nitrogen and oxygen atoms in total. The first-order chi connectivity index (χ1) is 13.5. The molecule has 4 aromatic rings. The number of fused-ring (bicyclic) bond motifs is 1. The van der Waals surface area contributed by atoms with Crippen molar-refractivity contribution in [2.24, 2.45) is 12.2 Å². The Morgan fingerprint density at radius 2 is 2.21 bits per heavy atom. The van der Waals surface area contributed by atoms with Gasteiger partial charge in [0.2, 0.25) is 0 Å². The molecule has 2 aromatic heterocycles. The molecule has 0 spiro atoms. The third kappa shape index (κ3) is 3.09. The van der Waals surface area contributed by atoms with E-state index in [9.17, 15) is 9.18 Å². The smallest absolute Gasteiger partial charge is 0.364 e. The molecule has 0 unspecified atom stereocenters. The SMILES string of the molecule is C/C(=N\OCc1c(Cl)cccc1-n1[nH]n(C)c1=O)c1noc2cc(F)ccc12. The van der Waals surface area contributed by atoms with E-state index in [2.05, 4.69) is 15.5 Å². The Morgan fingerprint density at radius 1 is 1.39 bits per heavy atom. The highest BCUT2D eigenvalue weighted by Gasteiger charge is 2.16. The van der Waals surface area contributed by atoms with Crippen molar-refractivity contribution in [1.82, 2.24) is 19.7 Å². The first-order valence-electron chi connectivity index (χ1n) is 8.29. The molecular formula is C18H15ClFN5O3. The number of oxime groups is 1. The number of aromatic nitrogens is 4. The number of aromatic amines is 1. The molecular weight excluding hydrogens is 389 g/mol. The van der Waals surface area contributed by atoms with Gasteiger partial charge in [0.05, 0.1) is 11.1 Å². The first kappa shape index (κ1) is 18.1. The maximum atomic E-state index is 13.3. The number of hydrogen-bond acceptors (Lipinski definition) is 5. The average molecular weight is 404 g/mol. The second kappa shape index (κ2) is 7.01. The lowest BCUT2D eigenvalue weighted by Gasteiger charge is -2.17. The molecule has 0 radical (unpaired) electrons. The van der Waals surface area contributed by atoms with Gasteiger partial charge >= 0.3 is 5.69 Å². The summed E-state index contributed by atoms with van der Waals surface area (Å²) in [5, 5.41) is 11.9. The summed E-state index contributed by atoms with van der Waals surface area (Å²) in [5.41, 5.74) is 2.19. The summed E-state index contributed by atoms with van der Waals surface area (Å²) in [4.78, 5) is 17.4. The molecule has 2 aromatic carbocycles. The number of halogens is 2. The summed E-state index contributed by atoms with van der Waals surface area (Å²) in [7, 11) is 1.61. The summed E-state index contributed by atoms with van der Waals surface area (Å²) in [6, 6.07) is 9.33. The van der Waals surface area contributed by atoms with Crippen LogP contribution in [0.4, 0.5) is 4.39 Å². The van der Waals surface area contributed by atoms with Gasteiger partial charge in [0.15, 0.2) is 5.58 Å². The van der Waals surface area contributed by atoms with Gasteiger partial charge in [-0.3, -0.25) is 0 Å². The summed E-state index contributed by atoms with van der Waals surface area (Å²) in [5.74, 6) is -0.410. The molecule has 0 atom stereocenters. The van der Waals surface area contributed by atoms with Gasteiger partial charge in [-0.2, -0.15) is 4.68 Å². The van der Waals surface area contributed by atoms with Crippen LogP contribution in [0.1, 0.15) is 18.2 Å². The van der Waals surface area contributed by atoms with Crippen molar-refractivity contribution in [1.29, 1.82) is 0 Å². The fourth-order valence-corrected chi connectivity index (χ4v) is 3.03. The highest BCUT2D eigenvalue weighted by atomic mass is 35.5. The average Bonchev–Trinajstić information content (AvgIpc) is 3.10. The Kier molecular flexibility index (Phi) is 4.52. The van der Waals surface area contributed by atoms with Crippen LogP contribution in [0, 0.1) is 5.82 Å². The van der Waals surface area contributed by atoms with Gasteiger partial charge in [0, 0.05) is 23.7 Å². The number of benzene rings is 2. The van der Waals surface area contributed by atoms with Crippen molar-refractivity contribution < 1.29 is 13.8 Å². The minimum absolute atomic E-state index is 0.0337. The van der Waals surface area contributed by atoms with Crippen LogP contribution in [0.5, 0.6) is 0 Å². The van der Waals surface area contributed by atoms with Crippen molar-refractivity contribution >= 4 is 28.3 Å². The molecule has 28 heavy (non-hydrogen) atoms. The highest BCUT2D eigenvalue weighted by molar-refractivity contribution is 6.31. The van der Waals surface area contributed by atoms with Gasteiger partial charge in [-0.25, -0.2) is 19.1 Å². The van der Waals surface area contributed by atoms with Crippen LogP contribution in [-0.2, 0) is 18.5 Å². The molecule has 0 aliphatic heterocycles. The standard InChI is InChI=1S/C18H15ClFN5O3/c1-10(17-12-7-6-11(20)8-16(12)28-22-17)21-27-9-13-14(19)4-3-5-15(13)25-18(26)24(2)23-25/h3-8,23H,9H2,1-2H3/b21-10+. The van der Waals surface area contributed by atoms with Crippen molar-refractivity contribution in [2.45, 2.75) is 13.5 Å². The van der Waals surface area contributed by atoms with Gasteiger partial charge < -0.3 is 9.36 Å². The molecule has 0 saturated heterocycles. The number of rotatable bonds is 5. The number of nitrogens with zero attached hydrogens (tertiary/aromatic N) is 4. The van der Waals surface area contributed by atoms with Crippen molar-refractivity contribution in [3.8, 4) is 5.69 Å². The van der Waals surface area contributed by atoms with E-state index in [0.29, 0.717) is 38.6 Å². The first-order valence-corrected chi connectivity index (χ1v) is 8.67. The lowest BCUT2D eigenvalue weighted by molar-refractivity contribution is 0.130. The summed E-state index contributed by atoms with van der Waals surface area (Å²) < 4.78 is 21.1. The fourth-order valence-electron chi connectivity index (χ4n) is 2.81. The molecule has 4 rings (SSSR count). The number of nitrogens with one attached hydrogen (secondary N) is 1. The Balaban J connectivity index is 1.58. The van der Waals surface area contributed by atoms with Gasteiger partial charge in [0.25, 0.3) is 0 Å². The van der Waals surface area contributed by atoms with E-state index in [0.717, 1.165) is 0 Å². The second-order valence-corrected chi connectivity index (χ2v) is 6.54. The molecule has 0 saturated carbocycles. The van der Waals surface area contributed by atoms with Crippen molar-refractivity contribution in [3.05, 3.63) is 69.0 Å².